The monoisotopic (exact) mass is 383 g/mol. The second-order valence-electron chi connectivity index (χ2n) is 9.17. The molecule has 5 nitrogen and oxygen atoms in total. The Labute approximate surface area is 159 Å². The molecule has 0 bridgehead atoms. The van der Waals surface area contributed by atoms with Crippen molar-refractivity contribution in [2.24, 2.45) is 16.3 Å². The molecule has 3 rings (SSSR count). The normalized spacial score (nSPS) is 29.1. The Hall–Kier alpha value is -0.780. The van der Waals surface area contributed by atoms with E-state index in [-0.39, 0.29) is 5.92 Å². The minimum atomic E-state index is -2.82. The maximum absolute atomic E-state index is 11.7. The van der Waals surface area contributed by atoms with Crippen LogP contribution < -0.4 is 5.32 Å². The Morgan fingerprint density at radius 1 is 1.15 bits per heavy atom. The molecular weight excluding hydrogens is 346 g/mol. The summed E-state index contributed by atoms with van der Waals surface area (Å²) in [6.07, 6.45) is 11.6. The van der Waals surface area contributed by atoms with Gasteiger partial charge in [-0.05, 0) is 57.3 Å². The number of likely N-dealkylation sites (tertiary alicyclic amines) is 1. The van der Waals surface area contributed by atoms with Crippen LogP contribution >= 0.6 is 0 Å². The molecule has 1 atom stereocenters. The van der Waals surface area contributed by atoms with E-state index < -0.39 is 9.84 Å². The minimum absolute atomic E-state index is 0.195. The maximum atomic E-state index is 11.7. The molecule has 26 heavy (non-hydrogen) atoms. The van der Waals surface area contributed by atoms with Gasteiger partial charge in [-0.15, -0.1) is 0 Å². The van der Waals surface area contributed by atoms with Crippen molar-refractivity contribution >= 4 is 15.8 Å². The van der Waals surface area contributed by atoms with Crippen LogP contribution in [0.2, 0.25) is 0 Å². The standard InChI is InChI=1S/C20H37N3O2S/c1-17(2)22-19(21-14-18-8-13-26(24,25)15-18)23-12-7-11-20(16-23)9-5-3-4-6-10-20/h17-18H,3-16H2,1-2H3,(H,21,22). The smallest absolute Gasteiger partial charge is 0.194 e. The summed E-state index contributed by atoms with van der Waals surface area (Å²) >= 11 is 0. The van der Waals surface area contributed by atoms with E-state index in [9.17, 15) is 8.42 Å². The number of nitrogens with zero attached hydrogens (tertiary/aromatic N) is 2. The lowest BCUT2D eigenvalue weighted by atomic mass is 9.74. The fraction of sp³-hybridized carbons (Fsp3) is 0.950. The number of sulfone groups is 1. The first-order valence-corrected chi connectivity index (χ1v) is 12.5. The second kappa shape index (κ2) is 8.49. The third-order valence-corrected chi connectivity index (χ3v) is 8.21. The van der Waals surface area contributed by atoms with Crippen molar-refractivity contribution in [3.05, 3.63) is 0 Å². The van der Waals surface area contributed by atoms with Gasteiger partial charge in [0.05, 0.1) is 11.5 Å². The molecule has 150 valence electrons. The summed E-state index contributed by atoms with van der Waals surface area (Å²) in [6.45, 7) is 7.14. The van der Waals surface area contributed by atoms with Gasteiger partial charge in [0.15, 0.2) is 15.8 Å². The van der Waals surface area contributed by atoms with Crippen molar-refractivity contribution in [1.82, 2.24) is 10.2 Å². The van der Waals surface area contributed by atoms with Crippen molar-refractivity contribution in [2.45, 2.75) is 77.7 Å². The van der Waals surface area contributed by atoms with Crippen LogP contribution in [0.3, 0.4) is 0 Å². The summed E-state index contributed by atoms with van der Waals surface area (Å²) in [5.74, 6) is 1.86. The number of guanidine groups is 1. The molecule has 1 unspecified atom stereocenters. The molecule has 1 saturated carbocycles. The lowest BCUT2D eigenvalue weighted by molar-refractivity contribution is 0.115. The van der Waals surface area contributed by atoms with E-state index in [0.29, 0.717) is 29.5 Å². The number of hydrogen-bond donors (Lipinski definition) is 1. The molecule has 1 spiro atoms. The predicted octanol–water partition coefficient (Wildman–Crippen LogP) is 3.21. The molecule has 2 saturated heterocycles. The van der Waals surface area contributed by atoms with Gasteiger partial charge in [-0.3, -0.25) is 4.99 Å². The fourth-order valence-corrected chi connectivity index (χ4v) is 6.85. The van der Waals surface area contributed by atoms with Crippen LogP contribution in [-0.4, -0.2) is 56.5 Å². The molecule has 0 amide bonds. The van der Waals surface area contributed by atoms with Gasteiger partial charge >= 0.3 is 0 Å². The molecule has 2 heterocycles. The van der Waals surface area contributed by atoms with Crippen LogP contribution in [0.15, 0.2) is 4.99 Å². The molecule has 0 aromatic heterocycles. The highest BCUT2D eigenvalue weighted by Crippen LogP contribution is 2.42. The average Bonchev–Trinajstić information content (AvgIpc) is 2.78. The number of piperidine rings is 1. The highest BCUT2D eigenvalue weighted by molar-refractivity contribution is 7.91. The van der Waals surface area contributed by atoms with Crippen molar-refractivity contribution in [2.75, 3.05) is 31.1 Å². The third-order valence-electron chi connectivity index (χ3n) is 6.37. The summed E-state index contributed by atoms with van der Waals surface area (Å²) in [5.41, 5.74) is 0.477. The van der Waals surface area contributed by atoms with E-state index in [1.165, 1.54) is 51.4 Å². The van der Waals surface area contributed by atoms with Gasteiger partial charge in [0.2, 0.25) is 0 Å². The van der Waals surface area contributed by atoms with E-state index in [0.717, 1.165) is 25.5 Å². The predicted molar refractivity (Wildman–Crippen MR) is 108 cm³/mol. The van der Waals surface area contributed by atoms with Gasteiger partial charge in [-0.25, -0.2) is 8.42 Å². The molecule has 0 radical (unpaired) electrons. The zero-order chi connectivity index (χ0) is 18.6. The summed E-state index contributed by atoms with van der Waals surface area (Å²) in [7, 11) is -2.82. The Morgan fingerprint density at radius 2 is 1.85 bits per heavy atom. The van der Waals surface area contributed by atoms with Crippen LogP contribution in [0.5, 0.6) is 0 Å². The molecular formula is C20H37N3O2S. The molecule has 2 aliphatic heterocycles. The van der Waals surface area contributed by atoms with Crippen molar-refractivity contribution in [3.8, 4) is 0 Å². The lowest BCUT2D eigenvalue weighted by Crippen LogP contribution is -2.52. The molecule has 0 aromatic rings. The molecule has 1 N–H and O–H groups in total. The van der Waals surface area contributed by atoms with Gasteiger partial charge in [0.1, 0.15) is 0 Å². The van der Waals surface area contributed by atoms with Crippen LogP contribution in [0.4, 0.5) is 0 Å². The lowest BCUT2D eigenvalue weighted by Gasteiger charge is -2.44. The molecule has 3 fully saturated rings. The van der Waals surface area contributed by atoms with Gasteiger partial charge in [0, 0.05) is 25.7 Å². The van der Waals surface area contributed by atoms with Gasteiger partial charge < -0.3 is 10.2 Å². The van der Waals surface area contributed by atoms with Crippen LogP contribution in [-0.2, 0) is 9.84 Å². The number of aliphatic imine (C=N–C) groups is 1. The van der Waals surface area contributed by atoms with Crippen molar-refractivity contribution in [3.63, 3.8) is 0 Å². The first-order chi connectivity index (χ1) is 12.4. The van der Waals surface area contributed by atoms with E-state index in [4.69, 9.17) is 4.99 Å². The average molecular weight is 384 g/mol. The van der Waals surface area contributed by atoms with Gasteiger partial charge in [0.25, 0.3) is 0 Å². The molecule has 6 heteroatoms. The zero-order valence-corrected chi connectivity index (χ0v) is 17.5. The highest BCUT2D eigenvalue weighted by Gasteiger charge is 2.37. The number of nitrogens with one attached hydrogen (secondary N) is 1. The fourth-order valence-electron chi connectivity index (χ4n) is 5.00. The third kappa shape index (κ3) is 5.37. The largest absolute Gasteiger partial charge is 0.354 e. The molecule has 3 aliphatic rings. The second-order valence-corrected chi connectivity index (χ2v) is 11.4. The summed E-state index contributed by atoms with van der Waals surface area (Å²) in [4.78, 5) is 7.37. The zero-order valence-electron chi connectivity index (χ0n) is 16.7. The number of rotatable bonds is 3. The van der Waals surface area contributed by atoms with Crippen molar-refractivity contribution in [1.29, 1.82) is 0 Å². The summed E-state index contributed by atoms with van der Waals surface area (Å²) < 4.78 is 23.5. The van der Waals surface area contributed by atoms with E-state index >= 15 is 0 Å². The maximum Gasteiger partial charge on any atom is 0.194 e. The highest BCUT2D eigenvalue weighted by atomic mass is 32.2. The van der Waals surface area contributed by atoms with Crippen molar-refractivity contribution < 1.29 is 8.42 Å². The van der Waals surface area contributed by atoms with Crippen LogP contribution in [0.25, 0.3) is 0 Å². The summed E-state index contributed by atoms with van der Waals surface area (Å²) in [5, 5.41) is 3.56. The van der Waals surface area contributed by atoms with E-state index in [2.05, 4.69) is 24.1 Å². The minimum Gasteiger partial charge on any atom is -0.354 e. The molecule has 0 aromatic carbocycles. The Kier molecular flexibility index (Phi) is 6.52. The topological polar surface area (TPSA) is 61.8 Å². The van der Waals surface area contributed by atoms with E-state index in [1.54, 1.807) is 0 Å². The first kappa shape index (κ1) is 20.0. The quantitative estimate of drug-likeness (QED) is 0.600. The molecule has 1 aliphatic carbocycles. The van der Waals surface area contributed by atoms with Gasteiger partial charge in [-0.1, -0.05) is 25.7 Å². The Balaban J connectivity index is 1.68. The first-order valence-electron chi connectivity index (χ1n) is 10.6. The Bertz CT molecular complexity index is 592. The van der Waals surface area contributed by atoms with Gasteiger partial charge in [-0.2, -0.15) is 0 Å². The summed E-state index contributed by atoms with van der Waals surface area (Å²) in [6, 6.07) is 0.341. The SMILES string of the molecule is CC(C)NC(=NCC1CCS(=O)(=O)C1)N1CCCC2(CCCCCC2)C1. The van der Waals surface area contributed by atoms with E-state index in [1.807, 2.05) is 0 Å². The van der Waals surface area contributed by atoms with Crippen LogP contribution in [0.1, 0.15) is 71.6 Å². The Morgan fingerprint density at radius 3 is 2.46 bits per heavy atom. The van der Waals surface area contributed by atoms with Crippen LogP contribution in [0, 0.1) is 11.3 Å². The number of hydrogen-bond acceptors (Lipinski definition) is 3.